The lowest BCUT2D eigenvalue weighted by Gasteiger charge is -2.34. The zero-order valence-corrected chi connectivity index (χ0v) is 13.3. The Bertz CT molecular complexity index is 569. The van der Waals surface area contributed by atoms with Crippen LogP contribution >= 0.6 is 11.6 Å². The fraction of sp³-hybridized carbons (Fsp3) is 0.500. The van der Waals surface area contributed by atoms with Crippen LogP contribution in [0.5, 0.6) is 0 Å². The highest BCUT2D eigenvalue weighted by atomic mass is 35.5. The van der Waals surface area contributed by atoms with Gasteiger partial charge in [0.15, 0.2) is 0 Å². The molecule has 21 heavy (non-hydrogen) atoms. The number of alkyl halides is 1. The van der Waals surface area contributed by atoms with Gasteiger partial charge in [-0.05, 0) is 18.6 Å². The summed E-state index contributed by atoms with van der Waals surface area (Å²) >= 11 is 5.58. The van der Waals surface area contributed by atoms with Crippen molar-refractivity contribution in [2.24, 2.45) is 0 Å². The minimum Gasteiger partial charge on any atom is -0.340 e. The van der Waals surface area contributed by atoms with Gasteiger partial charge in [0.1, 0.15) is 0 Å². The predicted molar refractivity (Wildman–Crippen MR) is 81.7 cm³/mol. The molecule has 5 nitrogen and oxygen atoms in total. The molecule has 1 aliphatic rings. The SMILES string of the molecule is O=C(CCCCl)N1CCN(S(=O)(=O)c2ccccc2)CC1. The number of carbonyl (C=O) groups is 1. The monoisotopic (exact) mass is 330 g/mol. The van der Waals surface area contributed by atoms with E-state index in [0.29, 0.717) is 49.8 Å². The molecule has 1 saturated heterocycles. The molecule has 1 aromatic carbocycles. The molecule has 0 N–H and O–H groups in total. The summed E-state index contributed by atoms with van der Waals surface area (Å²) in [6.45, 7) is 1.55. The van der Waals surface area contributed by atoms with E-state index < -0.39 is 10.0 Å². The summed E-state index contributed by atoms with van der Waals surface area (Å²) in [4.78, 5) is 13.9. The fourth-order valence-corrected chi connectivity index (χ4v) is 3.87. The van der Waals surface area contributed by atoms with E-state index in [4.69, 9.17) is 11.6 Å². The van der Waals surface area contributed by atoms with Gasteiger partial charge in [-0.3, -0.25) is 4.79 Å². The van der Waals surface area contributed by atoms with Gasteiger partial charge in [-0.2, -0.15) is 4.31 Å². The van der Waals surface area contributed by atoms with Crippen LogP contribution in [-0.4, -0.2) is 55.6 Å². The van der Waals surface area contributed by atoms with Crippen LogP contribution < -0.4 is 0 Å². The summed E-state index contributed by atoms with van der Waals surface area (Å²) in [7, 11) is -3.45. The lowest BCUT2D eigenvalue weighted by Crippen LogP contribution is -2.50. The van der Waals surface area contributed by atoms with E-state index in [1.165, 1.54) is 4.31 Å². The normalized spacial score (nSPS) is 16.9. The number of nitrogens with zero attached hydrogens (tertiary/aromatic N) is 2. The molecule has 1 amide bonds. The van der Waals surface area contributed by atoms with Gasteiger partial charge in [0, 0.05) is 38.5 Å². The van der Waals surface area contributed by atoms with Crippen molar-refractivity contribution in [2.45, 2.75) is 17.7 Å². The van der Waals surface area contributed by atoms with E-state index in [1.807, 2.05) is 0 Å². The first-order valence-electron chi connectivity index (χ1n) is 6.94. The maximum atomic E-state index is 12.4. The molecular formula is C14H19ClN2O3S. The highest BCUT2D eigenvalue weighted by Gasteiger charge is 2.29. The van der Waals surface area contributed by atoms with E-state index in [9.17, 15) is 13.2 Å². The molecule has 0 aliphatic carbocycles. The molecule has 1 aliphatic heterocycles. The van der Waals surface area contributed by atoms with Crippen LogP contribution in [0.4, 0.5) is 0 Å². The molecule has 0 bridgehead atoms. The van der Waals surface area contributed by atoms with Crippen molar-refractivity contribution >= 4 is 27.5 Å². The summed E-state index contributed by atoms with van der Waals surface area (Å²) in [6, 6.07) is 8.38. The topological polar surface area (TPSA) is 57.7 Å². The van der Waals surface area contributed by atoms with Gasteiger partial charge >= 0.3 is 0 Å². The molecule has 0 atom stereocenters. The summed E-state index contributed by atoms with van der Waals surface area (Å²) in [5.41, 5.74) is 0. The Hall–Kier alpha value is -1.11. The smallest absolute Gasteiger partial charge is 0.243 e. The highest BCUT2D eigenvalue weighted by molar-refractivity contribution is 7.89. The van der Waals surface area contributed by atoms with Crippen LogP contribution in [0.15, 0.2) is 35.2 Å². The van der Waals surface area contributed by atoms with Crippen molar-refractivity contribution in [3.05, 3.63) is 30.3 Å². The second kappa shape index (κ2) is 7.24. The number of amides is 1. The maximum absolute atomic E-state index is 12.4. The predicted octanol–water partition coefficient (Wildman–Crippen LogP) is 1.54. The molecule has 0 unspecified atom stereocenters. The largest absolute Gasteiger partial charge is 0.340 e. The van der Waals surface area contributed by atoms with E-state index in [0.717, 1.165) is 0 Å². The van der Waals surface area contributed by atoms with Crippen LogP contribution in [0.2, 0.25) is 0 Å². The third-order valence-corrected chi connectivity index (χ3v) is 5.68. The van der Waals surface area contributed by atoms with Crippen molar-refractivity contribution in [3.63, 3.8) is 0 Å². The third kappa shape index (κ3) is 3.96. The van der Waals surface area contributed by atoms with Crippen molar-refractivity contribution in [2.75, 3.05) is 32.1 Å². The average Bonchev–Trinajstić information content (AvgIpc) is 2.53. The number of carbonyl (C=O) groups excluding carboxylic acids is 1. The van der Waals surface area contributed by atoms with Gasteiger partial charge in [0.25, 0.3) is 0 Å². The van der Waals surface area contributed by atoms with E-state index in [2.05, 4.69) is 0 Å². The zero-order valence-electron chi connectivity index (χ0n) is 11.7. The quantitative estimate of drug-likeness (QED) is 0.769. The first-order valence-corrected chi connectivity index (χ1v) is 8.92. The Morgan fingerprint density at radius 2 is 1.71 bits per heavy atom. The van der Waals surface area contributed by atoms with Gasteiger partial charge in [-0.15, -0.1) is 11.6 Å². The summed E-state index contributed by atoms with van der Waals surface area (Å²) in [5.74, 6) is 0.515. The van der Waals surface area contributed by atoms with Crippen LogP contribution in [-0.2, 0) is 14.8 Å². The molecule has 0 aromatic heterocycles. The molecule has 1 fully saturated rings. The molecular weight excluding hydrogens is 312 g/mol. The Labute approximate surface area is 130 Å². The number of hydrogen-bond donors (Lipinski definition) is 0. The minimum atomic E-state index is -3.45. The summed E-state index contributed by atoms with van der Waals surface area (Å²) in [5, 5.41) is 0. The highest BCUT2D eigenvalue weighted by Crippen LogP contribution is 2.17. The molecule has 0 radical (unpaired) electrons. The van der Waals surface area contributed by atoms with Gasteiger partial charge in [-0.1, -0.05) is 18.2 Å². The number of piperazine rings is 1. The number of sulfonamides is 1. The van der Waals surface area contributed by atoms with Gasteiger partial charge in [0.05, 0.1) is 4.90 Å². The summed E-state index contributed by atoms with van der Waals surface area (Å²) < 4.78 is 26.3. The number of benzene rings is 1. The third-order valence-electron chi connectivity index (χ3n) is 3.50. The molecule has 7 heteroatoms. The van der Waals surface area contributed by atoms with E-state index >= 15 is 0 Å². The molecule has 2 rings (SSSR count). The van der Waals surface area contributed by atoms with Gasteiger partial charge < -0.3 is 4.90 Å². The van der Waals surface area contributed by atoms with Crippen LogP contribution in [0.1, 0.15) is 12.8 Å². The lowest BCUT2D eigenvalue weighted by atomic mass is 10.2. The van der Waals surface area contributed by atoms with Crippen LogP contribution in [0, 0.1) is 0 Å². The number of halogens is 1. The van der Waals surface area contributed by atoms with Gasteiger partial charge in [0.2, 0.25) is 15.9 Å². The Morgan fingerprint density at radius 3 is 2.29 bits per heavy atom. The van der Waals surface area contributed by atoms with Crippen LogP contribution in [0.3, 0.4) is 0 Å². The van der Waals surface area contributed by atoms with Gasteiger partial charge in [-0.25, -0.2) is 8.42 Å². The molecule has 116 valence electrons. The first-order chi connectivity index (χ1) is 10.1. The van der Waals surface area contributed by atoms with E-state index in [-0.39, 0.29) is 5.91 Å². The van der Waals surface area contributed by atoms with Crippen molar-refractivity contribution < 1.29 is 13.2 Å². The lowest BCUT2D eigenvalue weighted by molar-refractivity contribution is -0.132. The van der Waals surface area contributed by atoms with Crippen molar-refractivity contribution in [3.8, 4) is 0 Å². The second-order valence-electron chi connectivity index (χ2n) is 4.89. The standard InChI is InChI=1S/C14H19ClN2O3S/c15-8-4-7-14(18)16-9-11-17(12-10-16)21(19,20)13-5-2-1-3-6-13/h1-3,5-6H,4,7-12H2. The molecule has 0 spiro atoms. The zero-order chi connectivity index (χ0) is 15.3. The maximum Gasteiger partial charge on any atom is 0.243 e. The Morgan fingerprint density at radius 1 is 1.10 bits per heavy atom. The van der Waals surface area contributed by atoms with Crippen LogP contribution in [0.25, 0.3) is 0 Å². The van der Waals surface area contributed by atoms with Crippen molar-refractivity contribution in [1.82, 2.24) is 9.21 Å². The minimum absolute atomic E-state index is 0.0485. The Balaban J connectivity index is 1.96. The van der Waals surface area contributed by atoms with E-state index in [1.54, 1.807) is 35.2 Å². The Kier molecular flexibility index (Phi) is 5.61. The molecule has 1 aromatic rings. The first kappa shape index (κ1) is 16.3. The molecule has 1 heterocycles. The second-order valence-corrected chi connectivity index (χ2v) is 7.21. The number of rotatable bonds is 5. The fourth-order valence-electron chi connectivity index (χ4n) is 2.30. The van der Waals surface area contributed by atoms with Crippen molar-refractivity contribution in [1.29, 1.82) is 0 Å². The number of hydrogen-bond acceptors (Lipinski definition) is 3. The molecule has 0 saturated carbocycles. The average molecular weight is 331 g/mol. The summed E-state index contributed by atoms with van der Waals surface area (Å²) in [6.07, 6.45) is 1.08.